The molecule has 3 rings (SSSR count). The van der Waals surface area contributed by atoms with Gasteiger partial charge in [-0.2, -0.15) is 0 Å². The molecule has 1 heterocycles. The summed E-state index contributed by atoms with van der Waals surface area (Å²) in [5, 5.41) is 0. The van der Waals surface area contributed by atoms with E-state index >= 15 is 0 Å². The van der Waals surface area contributed by atoms with Crippen LogP contribution in [-0.4, -0.2) is 4.98 Å². The third-order valence-corrected chi connectivity index (χ3v) is 3.79. The van der Waals surface area contributed by atoms with E-state index in [0.29, 0.717) is 11.6 Å². The van der Waals surface area contributed by atoms with Gasteiger partial charge in [0.25, 0.3) is 0 Å². The monoisotopic (exact) mass is 316 g/mol. The van der Waals surface area contributed by atoms with Crippen LogP contribution in [0, 0.1) is 13.8 Å². The average molecular weight is 317 g/mol. The molecule has 0 bridgehead atoms. The van der Waals surface area contributed by atoms with Gasteiger partial charge in [0, 0.05) is 15.7 Å². The Morgan fingerprint density at radius 3 is 2.68 bits per heavy atom. The number of fused-ring (bicyclic) bond motifs is 1. The number of oxazole rings is 1. The molecule has 0 spiro atoms. The molecule has 19 heavy (non-hydrogen) atoms. The van der Waals surface area contributed by atoms with Crippen molar-refractivity contribution in [1.29, 1.82) is 0 Å². The number of benzene rings is 2. The Morgan fingerprint density at radius 1 is 1.16 bits per heavy atom. The first-order chi connectivity index (χ1) is 9.04. The molecule has 96 valence electrons. The SMILES string of the molecule is Cc1cc(C)c2oc(-c3ccc(Br)c(N)c3)nc2c1. The molecular formula is C15H13BrN2O. The fourth-order valence-electron chi connectivity index (χ4n) is 2.18. The van der Waals surface area contributed by atoms with Gasteiger partial charge < -0.3 is 10.2 Å². The van der Waals surface area contributed by atoms with Crippen LogP contribution in [0.1, 0.15) is 11.1 Å². The number of aryl methyl sites for hydroxylation is 2. The maximum atomic E-state index is 5.89. The summed E-state index contributed by atoms with van der Waals surface area (Å²) >= 11 is 3.38. The summed E-state index contributed by atoms with van der Waals surface area (Å²) in [6.45, 7) is 4.08. The van der Waals surface area contributed by atoms with Crippen LogP contribution in [-0.2, 0) is 0 Å². The predicted octanol–water partition coefficient (Wildman–Crippen LogP) is 4.46. The van der Waals surface area contributed by atoms with Crippen molar-refractivity contribution in [2.45, 2.75) is 13.8 Å². The number of nitrogen functional groups attached to an aromatic ring is 1. The van der Waals surface area contributed by atoms with Gasteiger partial charge in [-0.1, -0.05) is 6.07 Å². The first-order valence-corrected chi connectivity index (χ1v) is 6.77. The lowest BCUT2D eigenvalue weighted by molar-refractivity contribution is 0.617. The number of aromatic nitrogens is 1. The van der Waals surface area contributed by atoms with Crippen molar-refractivity contribution in [3.05, 3.63) is 45.9 Å². The van der Waals surface area contributed by atoms with Crippen LogP contribution in [0.4, 0.5) is 5.69 Å². The highest BCUT2D eigenvalue weighted by atomic mass is 79.9. The van der Waals surface area contributed by atoms with Crippen LogP contribution in [0.5, 0.6) is 0 Å². The second-order valence-corrected chi connectivity index (χ2v) is 5.54. The second kappa shape index (κ2) is 4.38. The third kappa shape index (κ3) is 2.12. The first-order valence-electron chi connectivity index (χ1n) is 5.98. The minimum atomic E-state index is 0.600. The lowest BCUT2D eigenvalue weighted by Gasteiger charge is -2.00. The van der Waals surface area contributed by atoms with Gasteiger partial charge in [0.1, 0.15) is 5.52 Å². The average Bonchev–Trinajstić information content (AvgIpc) is 2.76. The maximum absolute atomic E-state index is 5.89. The highest BCUT2D eigenvalue weighted by molar-refractivity contribution is 9.10. The van der Waals surface area contributed by atoms with E-state index in [1.54, 1.807) is 0 Å². The van der Waals surface area contributed by atoms with Crippen LogP contribution < -0.4 is 5.73 Å². The molecule has 0 aliphatic heterocycles. The Morgan fingerprint density at radius 2 is 1.95 bits per heavy atom. The summed E-state index contributed by atoms with van der Waals surface area (Å²) in [6.07, 6.45) is 0. The molecule has 0 aliphatic carbocycles. The van der Waals surface area contributed by atoms with Gasteiger partial charge in [0.15, 0.2) is 5.58 Å². The minimum Gasteiger partial charge on any atom is -0.436 e. The predicted molar refractivity (Wildman–Crippen MR) is 81.0 cm³/mol. The van der Waals surface area contributed by atoms with Crippen molar-refractivity contribution in [2.24, 2.45) is 0 Å². The van der Waals surface area contributed by atoms with Crippen LogP contribution in [0.2, 0.25) is 0 Å². The van der Waals surface area contributed by atoms with E-state index in [0.717, 1.165) is 26.7 Å². The highest BCUT2D eigenvalue weighted by Crippen LogP contribution is 2.30. The summed E-state index contributed by atoms with van der Waals surface area (Å²) in [5.41, 5.74) is 11.4. The molecule has 0 saturated heterocycles. The molecule has 0 unspecified atom stereocenters. The van der Waals surface area contributed by atoms with Crippen molar-refractivity contribution in [2.75, 3.05) is 5.73 Å². The van der Waals surface area contributed by atoms with Crippen LogP contribution in [0.25, 0.3) is 22.6 Å². The van der Waals surface area contributed by atoms with Gasteiger partial charge in [-0.25, -0.2) is 4.98 Å². The zero-order valence-corrected chi connectivity index (χ0v) is 12.3. The van der Waals surface area contributed by atoms with Crippen molar-refractivity contribution in [3.63, 3.8) is 0 Å². The summed E-state index contributed by atoms with van der Waals surface area (Å²) in [7, 11) is 0. The summed E-state index contributed by atoms with van der Waals surface area (Å²) in [5.74, 6) is 0.600. The van der Waals surface area contributed by atoms with Gasteiger partial charge in [0.2, 0.25) is 5.89 Å². The highest BCUT2D eigenvalue weighted by Gasteiger charge is 2.11. The largest absolute Gasteiger partial charge is 0.436 e. The number of hydrogen-bond donors (Lipinski definition) is 1. The van der Waals surface area contributed by atoms with E-state index in [-0.39, 0.29) is 0 Å². The number of nitrogens with zero attached hydrogens (tertiary/aromatic N) is 1. The number of hydrogen-bond acceptors (Lipinski definition) is 3. The third-order valence-electron chi connectivity index (χ3n) is 3.06. The molecule has 0 amide bonds. The molecule has 3 aromatic rings. The van der Waals surface area contributed by atoms with Crippen LogP contribution in [0.3, 0.4) is 0 Å². The first kappa shape index (κ1) is 12.2. The fraction of sp³-hybridized carbons (Fsp3) is 0.133. The molecule has 0 saturated carbocycles. The zero-order chi connectivity index (χ0) is 13.6. The number of rotatable bonds is 1. The quantitative estimate of drug-likeness (QED) is 0.674. The maximum Gasteiger partial charge on any atom is 0.227 e. The number of halogens is 1. The van der Waals surface area contributed by atoms with Gasteiger partial charge in [0.05, 0.1) is 0 Å². The normalized spacial score (nSPS) is 11.1. The Kier molecular flexibility index (Phi) is 2.82. The Labute approximate surface area is 119 Å². The minimum absolute atomic E-state index is 0.600. The fourth-order valence-corrected chi connectivity index (χ4v) is 2.42. The molecule has 0 atom stereocenters. The molecule has 0 radical (unpaired) electrons. The zero-order valence-electron chi connectivity index (χ0n) is 10.7. The topological polar surface area (TPSA) is 52.0 Å². The van der Waals surface area contributed by atoms with Crippen LogP contribution in [0.15, 0.2) is 39.2 Å². The van der Waals surface area contributed by atoms with E-state index in [1.807, 2.05) is 31.2 Å². The van der Waals surface area contributed by atoms with Gasteiger partial charge in [-0.05, 0) is 65.2 Å². The second-order valence-electron chi connectivity index (χ2n) is 4.69. The Bertz CT molecular complexity index is 777. The van der Waals surface area contributed by atoms with E-state index in [1.165, 1.54) is 5.56 Å². The lowest BCUT2D eigenvalue weighted by atomic mass is 10.1. The molecule has 1 aromatic heterocycles. The molecular weight excluding hydrogens is 304 g/mol. The smallest absolute Gasteiger partial charge is 0.227 e. The molecule has 0 aliphatic rings. The number of anilines is 1. The van der Waals surface area contributed by atoms with Crippen LogP contribution >= 0.6 is 15.9 Å². The van der Waals surface area contributed by atoms with Crippen molar-refractivity contribution in [3.8, 4) is 11.5 Å². The van der Waals surface area contributed by atoms with Crippen molar-refractivity contribution >= 4 is 32.7 Å². The number of nitrogens with two attached hydrogens (primary N) is 1. The van der Waals surface area contributed by atoms with E-state index in [4.69, 9.17) is 10.2 Å². The molecule has 2 N–H and O–H groups in total. The van der Waals surface area contributed by atoms with E-state index in [2.05, 4.69) is 33.9 Å². The summed E-state index contributed by atoms with van der Waals surface area (Å²) in [6, 6.07) is 9.81. The molecule has 0 fully saturated rings. The summed E-state index contributed by atoms with van der Waals surface area (Å²) in [4.78, 5) is 4.54. The van der Waals surface area contributed by atoms with Crippen molar-refractivity contribution < 1.29 is 4.42 Å². The standard InChI is InChI=1S/C15H13BrN2O/c1-8-5-9(2)14-13(6-8)18-15(19-14)10-3-4-11(16)12(17)7-10/h3-7H,17H2,1-2H3. The van der Waals surface area contributed by atoms with Gasteiger partial charge in [-0.15, -0.1) is 0 Å². The molecule has 3 nitrogen and oxygen atoms in total. The van der Waals surface area contributed by atoms with Crippen molar-refractivity contribution in [1.82, 2.24) is 4.98 Å². The van der Waals surface area contributed by atoms with Gasteiger partial charge in [-0.3, -0.25) is 0 Å². The Hall–Kier alpha value is -1.81. The van der Waals surface area contributed by atoms with Gasteiger partial charge >= 0.3 is 0 Å². The molecule has 2 aromatic carbocycles. The lowest BCUT2D eigenvalue weighted by Crippen LogP contribution is -1.87. The molecule has 4 heteroatoms. The van der Waals surface area contributed by atoms with E-state index < -0.39 is 0 Å². The van der Waals surface area contributed by atoms with E-state index in [9.17, 15) is 0 Å². The summed E-state index contributed by atoms with van der Waals surface area (Å²) < 4.78 is 6.73. The Balaban J connectivity index is 2.20.